The molecule has 0 saturated heterocycles. The summed E-state index contributed by atoms with van der Waals surface area (Å²) in [5.41, 5.74) is 22.8. The Hall–Kier alpha value is -6.00. The molecule has 1 aromatic heterocycles. The third-order valence-electron chi connectivity index (χ3n) is 15.3. The minimum atomic E-state index is -0.0774. The molecule has 0 N–H and O–H groups in total. The van der Waals surface area contributed by atoms with Crippen LogP contribution in [-0.4, -0.2) is 6.71 Å². The van der Waals surface area contributed by atoms with Gasteiger partial charge in [-0.05, 0) is 142 Å². The molecule has 4 heteroatoms. The van der Waals surface area contributed by atoms with Crippen molar-refractivity contribution < 1.29 is 4.42 Å². The van der Waals surface area contributed by atoms with Crippen molar-refractivity contribution >= 4 is 79.2 Å². The van der Waals surface area contributed by atoms with E-state index in [1.807, 2.05) is 0 Å². The molecule has 10 rings (SSSR count). The predicted octanol–water partition coefficient (Wildman–Crippen LogP) is 17.1. The average Bonchev–Trinajstić information content (AvgIpc) is 3.65. The molecule has 0 fully saturated rings. The summed E-state index contributed by atoms with van der Waals surface area (Å²) in [6, 6.07) is 49.8. The van der Waals surface area contributed by atoms with E-state index in [2.05, 4.69) is 262 Å². The van der Waals surface area contributed by atoms with Crippen LogP contribution < -0.4 is 26.2 Å². The van der Waals surface area contributed by atoms with E-state index < -0.39 is 0 Å². The zero-order valence-corrected chi connectivity index (χ0v) is 45.5. The Morgan fingerprint density at radius 3 is 1.17 bits per heavy atom. The summed E-state index contributed by atoms with van der Waals surface area (Å²) in [6.07, 6.45) is 0. The summed E-state index contributed by atoms with van der Waals surface area (Å²) in [5.74, 6) is 0. The number of hydrogen-bond donors (Lipinski definition) is 0. The smallest absolute Gasteiger partial charge is 0.252 e. The number of hydrogen-bond acceptors (Lipinski definition) is 3. The molecule has 0 unspecified atom stereocenters. The van der Waals surface area contributed by atoms with Crippen molar-refractivity contribution in [2.45, 2.75) is 157 Å². The lowest BCUT2D eigenvalue weighted by atomic mass is 9.33. The summed E-state index contributed by atoms with van der Waals surface area (Å²) >= 11 is 0. The van der Waals surface area contributed by atoms with Gasteiger partial charge in [0.05, 0.1) is 0 Å². The molecule has 0 aliphatic carbocycles. The van der Waals surface area contributed by atoms with Crippen molar-refractivity contribution in [3.63, 3.8) is 0 Å². The maximum Gasteiger partial charge on any atom is 0.252 e. The van der Waals surface area contributed by atoms with E-state index in [1.54, 1.807) is 0 Å². The van der Waals surface area contributed by atoms with Gasteiger partial charge < -0.3 is 14.2 Å². The molecule has 2 aliphatic heterocycles. The highest BCUT2D eigenvalue weighted by Crippen LogP contribution is 2.50. The Balaban J connectivity index is 1.41. The van der Waals surface area contributed by atoms with Gasteiger partial charge in [0.1, 0.15) is 11.2 Å². The van der Waals surface area contributed by atoms with Crippen LogP contribution in [0.15, 0.2) is 132 Å². The molecule has 0 amide bonds. The molecule has 3 nitrogen and oxygen atoms in total. The monoisotopic (exact) mass is 923 g/mol. The first kappa shape index (κ1) is 47.7. The number of benzene rings is 7. The van der Waals surface area contributed by atoms with Crippen LogP contribution in [0.25, 0.3) is 33.1 Å². The number of anilines is 6. The molecular formula is C66H75BN2O. The second-order valence-electron chi connectivity index (χ2n) is 26.9. The topological polar surface area (TPSA) is 19.6 Å². The molecule has 0 saturated carbocycles. The molecule has 7 aromatic carbocycles. The van der Waals surface area contributed by atoms with Gasteiger partial charge in [0.15, 0.2) is 0 Å². The zero-order valence-electron chi connectivity index (χ0n) is 45.5. The van der Waals surface area contributed by atoms with Crippen molar-refractivity contribution in [1.82, 2.24) is 0 Å². The van der Waals surface area contributed by atoms with E-state index in [4.69, 9.17) is 4.42 Å². The number of fused-ring (bicyclic) bond motifs is 7. The Labute approximate surface area is 420 Å². The van der Waals surface area contributed by atoms with E-state index in [0.29, 0.717) is 0 Å². The fraction of sp³-hybridized carbons (Fsp3) is 0.364. The van der Waals surface area contributed by atoms with Crippen LogP contribution in [0, 0.1) is 0 Å². The molecule has 3 heterocycles. The van der Waals surface area contributed by atoms with Gasteiger partial charge in [-0.25, -0.2) is 0 Å². The number of furan rings is 1. The van der Waals surface area contributed by atoms with Crippen LogP contribution in [0.5, 0.6) is 0 Å². The van der Waals surface area contributed by atoms with Gasteiger partial charge in [-0.1, -0.05) is 197 Å². The van der Waals surface area contributed by atoms with Gasteiger partial charge in [-0.3, -0.25) is 0 Å². The van der Waals surface area contributed by atoms with E-state index >= 15 is 0 Å². The second-order valence-corrected chi connectivity index (χ2v) is 26.9. The highest BCUT2D eigenvalue weighted by Gasteiger charge is 2.45. The van der Waals surface area contributed by atoms with Gasteiger partial charge >= 0.3 is 0 Å². The van der Waals surface area contributed by atoms with Crippen LogP contribution in [0.2, 0.25) is 0 Å². The Morgan fingerprint density at radius 2 is 0.757 bits per heavy atom. The molecule has 2 aliphatic rings. The molecule has 70 heavy (non-hydrogen) atoms. The molecule has 0 bridgehead atoms. The fourth-order valence-corrected chi connectivity index (χ4v) is 10.8. The van der Waals surface area contributed by atoms with Crippen LogP contribution in [0.1, 0.15) is 158 Å². The molecule has 0 atom stereocenters. The van der Waals surface area contributed by atoms with Crippen LogP contribution in [-0.2, 0) is 32.5 Å². The second kappa shape index (κ2) is 15.8. The van der Waals surface area contributed by atoms with Crippen molar-refractivity contribution in [3.8, 4) is 11.1 Å². The molecule has 0 spiro atoms. The maximum absolute atomic E-state index is 6.92. The van der Waals surface area contributed by atoms with Crippen LogP contribution >= 0.6 is 0 Å². The van der Waals surface area contributed by atoms with E-state index in [9.17, 15) is 0 Å². The van der Waals surface area contributed by atoms with Crippen molar-refractivity contribution in [3.05, 3.63) is 161 Å². The summed E-state index contributed by atoms with van der Waals surface area (Å²) < 4.78 is 6.92. The SMILES string of the molecule is CC(C)(C)c1cc(N2c3cc(C(C)(C)C)ccc3B3c4ccc(C(C)(C)C)cc4N(c4cc(C(C)(C)C)cc(C(C)(C)C)c4)c4cc(-c5cccc6c5oc5ccccc56)cc2c43)cc(C(C)(C)C)c1. The highest BCUT2D eigenvalue weighted by atomic mass is 16.3. The third kappa shape index (κ3) is 8.08. The van der Waals surface area contributed by atoms with Crippen molar-refractivity contribution in [1.29, 1.82) is 0 Å². The summed E-state index contributed by atoms with van der Waals surface area (Å²) in [6.45, 7) is 42.3. The number of nitrogens with zero attached hydrogens (tertiary/aromatic N) is 2. The van der Waals surface area contributed by atoms with Crippen molar-refractivity contribution in [2.75, 3.05) is 9.80 Å². The molecule has 0 radical (unpaired) electrons. The first-order valence-corrected chi connectivity index (χ1v) is 25.8. The van der Waals surface area contributed by atoms with E-state index in [-0.39, 0.29) is 39.2 Å². The zero-order chi connectivity index (χ0) is 50.4. The molecule has 358 valence electrons. The highest BCUT2D eigenvalue weighted by molar-refractivity contribution is 7.00. The van der Waals surface area contributed by atoms with Gasteiger partial charge in [0.25, 0.3) is 6.71 Å². The van der Waals surface area contributed by atoms with Gasteiger partial charge in [-0.2, -0.15) is 0 Å². The standard InChI is InChI=1S/C66H75BN2O/c1-61(2,3)41-26-28-52-54(38-41)68(47-34-43(63(7,8)9)32-44(35-47)64(10,11)12)56-30-40(49-23-21-24-51-50-22-19-20-25-58(50)70-60(49)51)31-57-59(56)67(52)53-29-27-42(62(4,5)6)39-55(53)69(57)48-36-45(65(13,14)15)33-46(37-48)66(16,17)18/h19-39H,1-18H3. The van der Waals surface area contributed by atoms with E-state index in [1.165, 1.54) is 83.9 Å². The molecule has 8 aromatic rings. The quantitative estimate of drug-likeness (QED) is 0.165. The van der Waals surface area contributed by atoms with Gasteiger partial charge in [-0.15, -0.1) is 0 Å². The third-order valence-corrected chi connectivity index (χ3v) is 15.3. The maximum atomic E-state index is 6.92. The van der Waals surface area contributed by atoms with Gasteiger partial charge in [0, 0.05) is 50.5 Å². The Morgan fingerprint density at radius 1 is 0.357 bits per heavy atom. The summed E-state index contributed by atoms with van der Waals surface area (Å²) in [5, 5.41) is 2.27. The van der Waals surface area contributed by atoms with Gasteiger partial charge in [0.2, 0.25) is 0 Å². The van der Waals surface area contributed by atoms with Crippen molar-refractivity contribution in [2.24, 2.45) is 0 Å². The fourth-order valence-electron chi connectivity index (χ4n) is 10.8. The van der Waals surface area contributed by atoms with Crippen LogP contribution in [0.4, 0.5) is 34.1 Å². The number of para-hydroxylation sites is 2. The summed E-state index contributed by atoms with van der Waals surface area (Å²) in [7, 11) is 0. The van der Waals surface area contributed by atoms with Crippen LogP contribution in [0.3, 0.4) is 0 Å². The molecular weight excluding hydrogens is 848 g/mol. The lowest BCUT2D eigenvalue weighted by Crippen LogP contribution is -2.61. The average molecular weight is 923 g/mol. The predicted molar refractivity (Wildman–Crippen MR) is 305 cm³/mol. The minimum Gasteiger partial charge on any atom is -0.455 e. The van der Waals surface area contributed by atoms with E-state index in [0.717, 1.165) is 33.1 Å². The normalized spacial score (nSPS) is 14.3. The minimum absolute atomic E-state index is 0.0256. The number of rotatable bonds is 3. The Bertz CT molecular complexity index is 3160. The first-order valence-electron chi connectivity index (χ1n) is 25.8. The Kier molecular flexibility index (Phi) is 10.7. The largest absolute Gasteiger partial charge is 0.455 e. The lowest BCUT2D eigenvalue weighted by molar-refractivity contribution is 0.568. The summed E-state index contributed by atoms with van der Waals surface area (Å²) in [4.78, 5) is 5.29. The lowest BCUT2D eigenvalue weighted by Gasteiger charge is -2.46. The first-order chi connectivity index (χ1) is 32.5.